The summed E-state index contributed by atoms with van der Waals surface area (Å²) in [7, 11) is 3.04. The molecule has 29 heavy (non-hydrogen) atoms. The molecule has 0 heterocycles. The molecule has 1 unspecified atom stereocenters. The molecule has 0 radical (unpaired) electrons. The Hall–Kier alpha value is 0.130. The van der Waals surface area contributed by atoms with Crippen molar-refractivity contribution in [1.29, 1.82) is 0 Å². The van der Waals surface area contributed by atoms with E-state index in [4.69, 9.17) is 0 Å². The summed E-state index contributed by atoms with van der Waals surface area (Å²) in [4.78, 5) is 0. The van der Waals surface area contributed by atoms with E-state index in [0.717, 1.165) is 0 Å². The Balaban J connectivity index is 0.00000784. The molecule has 0 saturated heterocycles. The summed E-state index contributed by atoms with van der Waals surface area (Å²) < 4.78 is 0. The Bertz CT molecular complexity index is 498. The third kappa shape index (κ3) is 13.2. The molecule has 1 aromatic rings. The van der Waals surface area contributed by atoms with Gasteiger partial charge in [-0.2, -0.15) is 0 Å². The van der Waals surface area contributed by atoms with Crippen LogP contribution in [0, 0.1) is 0 Å². The first-order chi connectivity index (χ1) is 13.7. The molecule has 0 aliphatic rings. The number of aryl methyl sites for hydroxylation is 1. The van der Waals surface area contributed by atoms with Gasteiger partial charge in [0.15, 0.2) is 0 Å². The van der Waals surface area contributed by atoms with Crippen LogP contribution in [0.3, 0.4) is 0 Å². The van der Waals surface area contributed by atoms with Crippen LogP contribution in [-0.4, -0.2) is 0 Å². The zero-order valence-electron chi connectivity index (χ0n) is 19.9. The van der Waals surface area contributed by atoms with E-state index in [1.165, 1.54) is 121 Å². The van der Waals surface area contributed by atoms with E-state index in [-0.39, 0.29) is 17.0 Å². The van der Waals surface area contributed by atoms with Gasteiger partial charge in [-0.25, -0.2) is 0 Å². The fourth-order valence-electron chi connectivity index (χ4n) is 4.33. The Morgan fingerprint density at radius 3 is 1.41 bits per heavy atom. The zero-order valence-corrected chi connectivity index (χ0v) is 22.7. The molecular formula is C27H50BrP. The van der Waals surface area contributed by atoms with Crippen molar-refractivity contribution < 1.29 is 0 Å². The lowest BCUT2D eigenvalue weighted by molar-refractivity contribution is 0.613. The Morgan fingerprint density at radius 2 is 0.931 bits per heavy atom. The molecule has 0 aliphatic heterocycles. The topological polar surface area (TPSA) is 0 Å². The van der Waals surface area contributed by atoms with Crippen molar-refractivity contribution in [2.75, 3.05) is 0 Å². The summed E-state index contributed by atoms with van der Waals surface area (Å²) in [6.07, 6.45) is 24.7. The number of rotatable bonds is 18. The fourth-order valence-corrected chi connectivity index (χ4v) is 4.74. The molecule has 0 aromatic heterocycles. The third-order valence-corrected chi connectivity index (χ3v) is 6.72. The van der Waals surface area contributed by atoms with E-state index in [9.17, 15) is 0 Å². The van der Waals surface area contributed by atoms with Crippen LogP contribution < -0.4 is 5.30 Å². The first-order valence-electron chi connectivity index (χ1n) is 12.6. The minimum absolute atomic E-state index is 0. The lowest BCUT2D eigenvalue weighted by atomic mass is 9.90. The first kappa shape index (κ1) is 29.1. The summed E-state index contributed by atoms with van der Waals surface area (Å²) in [6.45, 7) is 6.92. The van der Waals surface area contributed by atoms with Gasteiger partial charge in [-0.3, -0.25) is 0 Å². The molecule has 0 saturated carbocycles. The van der Waals surface area contributed by atoms with Crippen molar-refractivity contribution in [3.05, 3.63) is 28.8 Å². The molecule has 0 nitrogen and oxygen atoms in total. The van der Waals surface area contributed by atoms with Gasteiger partial charge >= 0.3 is 0 Å². The average molecular weight is 486 g/mol. The fraction of sp³-hybridized carbons (Fsp3) is 0.778. The van der Waals surface area contributed by atoms with Gasteiger partial charge in [0.25, 0.3) is 0 Å². The predicted molar refractivity (Wildman–Crippen MR) is 143 cm³/mol. The number of benzene rings is 1. The molecule has 1 aromatic carbocycles. The Kier molecular flexibility index (Phi) is 20.1. The number of unbranched alkanes of at least 4 members (excludes halogenated alkanes) is 12. The molecule has 0 aliphatic carbocycles. The normalized spacial score (nSPS) is 10.9. The van der Waals surface area contributed by atoms with Crippen molar-refractivity contribution >= 4 is 31.5 Å². The zero-order chi connectivity index (χ0) is 20.5. The van der Waals surface area contributed by atoms with Gasteiger partial charge in [0.05, 0.1) is 0 Å². The van der Waals surface area contributed by atoms with E-state index in [2.05, 4.69) is 42.1 Å². The molecule has 0 fully saturated rings. The maximum atomic E-state index is 3.04. The van der Waals surface area contributed by atoms with Crippen molar-refractivity contribution in [3.8, 4) is 0 Å². The van der Waals surface area contributed by atoms with Gasteiger partial charge in [0, 0.05) is 0 Å². The minimum Gasteiger partial charge on any atom is -0.114 e. The second-order valence-corrected chi connectivity index (χ2v) is 9.39. The van der Waals surface area contributed by atoms with E-state index >= 15 is 0 Å². The van der Waals surface area contributed by atoms with Gasteiger partial charge < -0.3 is 0 Å². The number of halogens is 1. The van der Waals surface area contributed by atoms with Gasteiger partial charge in [-0.15, -0.1) is 26.2 Å². The monoisotopic (exact) mass is 484 g/mol. The first-order valence-corrected chi connectivity index (χ1v) is 13.2. The van der Waals surface area contributed by atoms with Crippen LogP contribution in [0.1, 0.15) is 134 Å². The summed E-state index contributed by atoms with van der Waals surface area (Å²) >= 11 is 0. The van der Waals surface area contributed by atoms with Gasteiger partial charge in [0.2, 0.25) is 0 Å². The van der Waals surface area contributed by atoms with Crippen molar-refractivity contribution in [2.45, 2.75) is 136 Å². The Morgan fingerprint density at radius 1 is 0.517 bits per heavy atom. The summed E-state index contributed by atoms with van der Waals surface area (Å²) in [5, 5.41) is 1.47. The lowest BCUT2D eigenvalue weighted by Gasteiger charge is -2.18. The predicted octanol–water partition coefficient (Wildman–Crippen LogP) is 9.30. The summed E-state index contributed by atoms with van der Waals surface area (Å²) in [5.74, 6) is 0. The molecular weight excluding hydrogens is 435 g/mol. The molecule has 0 bridgehead atoms. The highest BCUT2D eigenvalue weighted by Crippen LogP contribution is 2.23. The maximum absolute atomic E-state index is 3.04. The van der Waals surface area contributed by atoms with Crippen molar-refractivity contribution in [1.82, 2.24) is 0 Å². The van der Waals surface area contributed by atoms with Crippen molar-refractivity contribution in [2.24, 2.45) is 0 Å². The highest BCUT2D eigenvalue weighted by atomic mass is 79.9. The quantitative estimate of drug-likeness (QED) is 0.144. The van der Waals surface area contributed by atoms with Crippen LogP contribution in [0.15, 0.2) is 12.1 Å². The molecule has 0 N–H and O–H groups in total. The van der Waals surface area contributed by atoms with Crippen LogP contribution in [-0.2, 0) is 19.3 Å². The van der Waals surface area contributed by atoms with E-state index in [1.54, 1.807) is 16.7 Å². The van der Waals surface area contributed by atoms with Crippen LogP contribution in [0.5, 0.6) is 0 Å². The molecule has 2 heteroatoms. The molecule has 0 spiro atoms. The summed E-state index contributed by atoms with van der Waals surface area (Å²) in [6, 6.07) is 4.83. The minimum atomic E-state index is 0. The third-order valence-electron chi connectivity index (χ3n) is 6.17. The highest BCUT2D eigenvalue weighted by Gasteiger charge is 2.11. The summed E-state index contributed by atoms with van der Waals surface area (Å²) in [5.41, 5.74) is 5.08. The van der Waals surface area contributed by atoms with E-state index in [0.29, 0.717) is 0 Å². The van der Waals surface area contributed by atoms with Crippen LogP contribution in [0.25, 0.3) is 0 Å². The molecule has 170 valence electrons. The van der Waals surface area contributed by atoms with E-state index < -0.39 is 0 Å². The second kappa shape index (κ2) is 20.1. The molecule has 1 atom stereocenters. The Labute approximate surface area is 196 Å². The average Bonchev–Trinajstić information content (AvgIpc) is 2.70. The second-order valence-electron chi connectivity index (χ2n) is 8.76. The smallest absolute Gasteiger partial charge is 0.0268 e. The van der Waals surface area contributed by atoms with Crippen LogP contribution >= 0.6 is 26.2 Å². The highest BCUT2D eigenvalue weighted by molar-refractivity contribution is 8.93. The van der Waals surface area contributed by atoms with Gasteiger partial charge in [-0.05, 0) is 60.5 Å². The van der Waals surface area contributed by atoms with Crippen LogP contribution in [0.4, 0.5) is 0 Å². The van der Waals surface area contributed by atoms with Crippen molar-refractivity contribution in [3.63, 3.8) is 0 Å². The van der Waals surface area contributed by atoms with Gasteiger partial charge in [0.1, 0.15) is 0 Å². The van der Waals surface area contributed by atoms with Gasteiger partial charge in [-0.1, -0.05) is 110 Å². The maximum Gasteiger partial charge on any atom is -0.0268 e. The van der Waals surface area contributed by atoms with Crippen LogP contribution in [0.2, 0.25) is 0 Å². The SMILES string of the molecule is Br.CCCCCCCc1ccc(P)c(CCCCCCC)c1CCCCCCC. The number of hydrogen-bond acceptors (Lipinski definition) is 0. The largest absolute Gasteiger partial charge is 0.114 e. The lowest BCUT2D eigenvalue weighted by Crippen LogP contribution is -2.11. The molecule has 1 rings (SSSR count). The molecule has 0 amide bonds. The standard InChI is InChI=1S/C27H49P.BrH/c1-4-7-10-13-16-19-24-22-23-27(28)26(21-18-15-12-9-6-3)25(24)20-17-14-11-8-5-2;/h22-23H,4-21,28H2,1-3H3;1H. The number of hydrogen-bond donors (Lipinski definition) is 0. The van der Waals surface area contributed by atoms with E-state index in [1.807, 2.05) is 0 Å².